The molecule has 1 aliphatic carbocycles. The Kier molecular flexibility index (Phi) is 3.09. The highest BCUT2D eigenvalue weighted by Gasteiger charge is 2.46. The Morgan fingerprint density at radius 3 is 2.67 bits per heavy atom. The summed E-state index contributed by atoms with van der Waals surface area (Å²) in [5, 5.41) is 0.204. The minimum Gasteiger partial charge on any atom is -0.205 e. The maximum atomic E-state index is 13.2. The first-order chi connectivity index (χ1) is 7.03. The Morgan fingerprint density at radius 2 is 2.20 bits per heavy atom. The van der Waals surface area contributed by atoms with Crippen LogP contribution in [0.5, 0.6) is 0 Å². The average Bonchev–Trinajstić information content (AvgIpc) is 2.93. The molecule has 0 radical (unpaired) electrons. The van der Waals surface area contributed by atoms with Crippen LogP contribution in [-0.4, -0.2) is 4.83 Å². The van der Waals surface area contributed by atoms with E-state index >= 15 is 0 Å². The van der Waals surface area contributed by atoms with Crippen molar-refractivity contribution in [2.45, 2.75) is 31.0 Å². The van der Waals surface area contributed by atoms with Crippen LogP contribution in [0.2, 0.25) is 5.02 Å². The van der Waals surface area contributed by atoms with Crippen LogP contribution in [-0.2, 0) is 6.42 Å². The lowest BCUT2D eigenvalue weighted by molar-refractivity contribution is 0.506. The average molecular weight is 292 g/mol. The highest BCUT2D eigenvalue weighted by atomic mass is 79.9. The first-order valence-electron chi connectivity index (χ1n) is 5.11. The summed E-state index contributed by atoms with van der Waals surface area (Å²) in [6, 6.07) is 5.11. The third kappa shape index (κ3) is 2.36. The predicted molar refractivity (Wildman–Crippen MR) is 65.2 cm³/mol. The van der Waals surface area contributed by atoms with Gasteiger partial charge in [-0.2, -0.15) is 0 Å². The smallest absolute Gasteiger partial charge is 0.142 e. The second-order valence-electron chi connectivity index (χ2n) is 4.40. The Hall–Kier alpha value is -0.0800. The SMILES string of the molecule is CC(Br)C1(Cc2ccc(Cl)c(F)c2)CC1. The van der Waals surface area contributed by atoms with Crippen molar-refractivity contribution in [1.82, 2.24) is 0 Å². The molecule has 0 aliphatic heterocycles. The molecule has 3 heteroatoms. The molecule has 1 unspecified atom stereocenters. The molecule has 0 amide bonds. The van der Waals surface area contributed by atoms with E-state index in [0.29, 0.717) is 10.2 Å². The van der Waals surface area contributed by atoms with Gasteiger partial charge in [-0.05, 0) is 42.4 Å². The van der Waals surface area contributed by atoms with Crippen molar-refractivity contribution < 1.29 is 4.39 Å². The molecule has 15 heavy (non-hydrogen) atoms. The second-order valence-corrected chi connectivity index (χ2v) is 6.18. The highest BCUT2D eigenvalue weighted by Crippen LogP contribution is 2.53. The quantitative estimate of drug-likeness (QED) is 0.715. The monoisotopic (exact) mass is 290 g/mol. The van der Waals surface area contributed by atoms with Crippen LogP contribution in [0, 0.1) is 11.2 Å². The molecule has 0 spiro atoms. The van der Waals surface area contributed by atoms with E-state index in [1.54, 1.807) is 12.1 Å². The van der Waals surface area contributed by atoms with Crippen molar-refractivity contribution in [3.8, 4) is 0 Å². The number of hydrogen-bond acceptors (Lipinski definition) is 0. The molecule has 1 atom stereocenters. The number of alkyl halides is 1. The Labute approximate surface area is 103 Å². The summed E-state index contributed by atoms with van der Waals surface area (Å²) in [7, 11) is 0. The van der Waals surface area contributed by atoms with Crippen LogP contribution in [0.3, 0.4) is 0 Å². The summed E-state index contributed by atoms with van der Waals surface area (Å²) in [5.41, 5.74) is 1.39. The summed E-state index contributed by atoms with van der Waals surface area (Å²) in [6.07, 6.45) is 3.39. The molecule has 1 aliphatic rings. The van der Waals surface area contributed by atoms with Crippen LogP contribution in [0.25, 0.3) is 0 Å². The van der Waals surface area contributed by atoms with Gasteiger partial charge in [-0.15, -0.1) is 0 Å². The third-order valence-corrected chi connectivity index (χ3v) is 4.55. The van der Waals surface area contributed by atoms with Gasteiger partial charge in [0, 0.05) is 4.83 Å². The van der Waals surface area contributed by atoms with Crippen LogP contribution in [0.15, 0.2) is 18.2 Å². The van der Waals surface area contributed by atoms with Gasteiger partial charge in [-0.25, -0.2) is 4.39 Å². The second kappa shape index (κ2) is 4.06. The van der Waals surface area contributed by atoms with Crippen molar-refractivity contribution in [2.75, 3.05) is 0 Å². The normalized spacial score (nSPS) is 20.0. The maximum Gasteiger partial charge on any atom is 0.142 e. The standard InChI is InChI=1S/C12H13BrClF/c1-8(13)12(4-5-12)7-9-2-3-10(14)11(15)6-9/h2-3,6,8H,4-5,7H2,1H3. The number of benzene rings is 1. The third-order valence-electron chi connectivity index (χ3n) is 3.28. The molecule has 0 bridgehead atoms. The predicted octanol–water partition coefficient (Wildman–Crippen LogP) is 4.59. The number of rotatable bonds is 3. The number of hydrogen-bond donors (Lipinski definition) is 0. The lowest BCUT2D eigenvalue weighted by Gasteiger charge is -2.18. The van der Waals surface area contributed by atoms with Gasteiger partial charge in [0.25, 0.3) is 0 Å². The van der Waals surface area contributed by atoms with E-state index in [-0.39, 0.29) is 10.8 Å². The Bertz CT molecular complexity index is 372. The van der Waals surface area contributed by atoms with E-state index in [2.05, 4.69) is 22.9 Å². The summed E-state index contributed by atoms with van der Waals surface area (Å²) < 4.78 is 13.2. The van der Waals surface area contributed by atoms with Crippen molar-refractivity contribution in [3.63, 3.8) is 0 Å². The summed E-state index contributed by atoms with van der Waals surface area (Å²) in [6.45, 7) is 2.17. The fourth-order valence-corrected chi connectivity index (χ4v) is 2.67. The van der Waals surface area contributed by atoms with Crippen LogP contribution in [0.1, 0.15) is 25.3 Å². The molecule has 82 valence electrons. The van der Waals surface area contributed by atoms with Gasteiger partial charge in [0.2, 0.25) is 0 Å². The first-order valence-corrected chi connectivity index (χ1v) is 6.41. The van der Waals surface area contributed by atoms with Crippen LogP contribution < -0.4 is 0 Å². The molecule has 0 aromatic heterocycles. The van der Waals surface area contributed by atoms with E-state index in [4.69, 9.17) is 11.6 Å². The van der Waals surface area contributed by atoms with E-state index in [9.17, 15) is 4.39 Å². The molecule has 0 N–H and O–H groups in total. The van der Waals surface area contributed by atoms with Crippen molar-refractivity contribution in [3.05, 3.63) is 34.6 Å². The van der Waals surface area contributed by atoms with Gasteiger partial charge in [0.05, 0.1) is 5.02 Å². The molecular formula is C12H13BrClF. The molecular weight excluding hydrogens is 278 g/mol. The highest BCUT2D eigenvalue weighted by molar-refractivity contribution is 9.09. The van der Waals surface area contributed by atoms with Crippen LogP contribution in [0.4, 0.5) is 4.39 Å². The molecule has 1 aromatic carbocycles. The minimum atomic E-state index is -0.313. The first kappa shape index (κ1) is 11.4. The molecule has 2 rings (SSSR count). The molecule has 0 saturated heterocycles. The fourth-order valence-electron chi connectivity index (χ4n) is 1.93. The van der Waals surface area contributed by atoms with Gasteiger partial charge in [0.1, 0.15) is 5.82 Å². The molecule has 0 nitrogen and oxygen atoms in total. The maximum absolute atomic E-state index is 13.2. The molecule has 0 heterocycles. The van der Waals surface area contributed by atoms with Gasteiger partial charge in [0.15, 0.2) is 0 Å². The summed E-state index contributed by atoms with van der Waals surface area (Å²) >= 11 is 9.27. The van der Waals surface area contributed by atoms with Crippen molar-refractivity contribution in [1.29, 1.82) is 0 Å². The van der Waals surface area contributed by atoms with E-state index < -0.39 is 0 Å². The fraction of sp³-hybridized carbons (Fsp3) is 0.500. The van der Waals surface area contributed by atoms with Crippen molar-refractivity contribution >= 4 is 27.5 Å². The minimum absolute atomic E-state index is 0.204. The largest absolute Gasteiger partial charge is 0.205 e. The topological polar surface area (TPSA) is 0 Å². The summed E-state index contributed by atoms with van der Waals surface area (Å²) in [4.78, 5) is 0.490. The zero-order valence-electron chi connectivity index (χ0n) is 8.56. The zero-order valence-corrected chi connectivity index (χ0v) is 10.9. The van der Waals surface area contributed by atoms with Crippen LogP contribution >= 0.6 is 27.5 Å². The van der Waals surface area contributed by atoms with Gasteiger partial charge in [-0.3, -0.25) is 0 Å². The van der Waals surface area contributed by atoms with Gasteiger partial charge in [-0.1, -0.05) is 40.5 Å². The molecule has 1 fully saturated rings. The summed E-state index contributed by atoms with van der Waals surface area (Å²) in [5.74, 6) is -0.313. The van der Waals surface area contributed by atoms with Gasteiger partial charge < -0.3 is 0 Å². The Morgan fingerprint density at radius 1 is 1.53 bits per heavy atom. The van der Waals surface area contributed by atoms with E-state index in [1.165, 1.54) is 12.8 Å². The molecule has 1 aromatic rings. The van der Waals surface area contributed by atoms with Gasteiger partial charge >= 0.3 is 0 Å². The Balaban J connectivity index is 2.15. The lowest BCUT2D eigenvalue weighted by Crippen LogP contribution is -2.15. The van der Waals surface area contributed by atoms with E-state index in [0.717, 1.165) is 12.0 Å². The van der Waals surface area contributed by atoms with E-state index in [1.807, 2.05) is 6.07 Å². The van der Waals surface area contributed by atoms with Crippen molar-refractivity contribution in [2.24, 2.45) is 5.41 Å². The number of halogens is 3. The lowest BCUT2D eigenvalue weighted by atomic mass is 9.94. The zero-order chi connectivity index (χ0) is 11.1. The molecule has 1 saturated carbocycles.